The van der Waals surface area contributed by atoms with Gasteiger partial charge in [0, 0.05) is 97.7 Å². The molecule has 28 heavy (non-hydrogen) atoms. The van der Waals surface area contributed by atoms with Crippen molar-refractivity contribution in [1.29, 1.82) is 0 Å². The van der Waals surface area contributed by atoms with Crippen LogP contribution in [0.15, 0.2) is 0 Å². The Balaban J connectivity index is 0.000000210. The normalized spacial score (nSPS) is 22.4. The molecule has 0 amide bonds. The molecule has 0 unspecified atom stereocenters. The Kier molecular flexibility index (Phi) is 15.2. The first-order valence-corrected chi connectivity index (χ1v) is 11.4. The summed E-state index contributed by atoms with van der Waals surface area (Å²) in [6.45, 7) is 25.4. The molecule has 3 saturated heterocycles. The fourth-order valence-corrected chi connectivity index (χ4v) is 3.68. The van der Waals surface area contributed by atoms with Crippen molar-refractivity contribution < 1.29 is 5.11 Å². The molecule has 0 bridgehead atoms. The van der Waals surface area contributed by atoms with E-state index >= 15 is 0 Å². The van der Waals surface area contributed by atoms with Gasteiger partial charge < -0.3 is 26.0 Å². The van der Waals surface area contributed by atoms with Gasteiger partial charge in [-0.05, 0) is 19.8 Å². The van der Waals surface area contributed by atoms with Crippen molar-refractivity contribution in [3.8, 4) is 0 Å². The molecule has 168 valence electrons. The van der Waals surface area contributed by atoms with Gasteiger partial charge in [-0.1, -0.05) is 13.8 Å². The first-order valence-electron chi connectivity index (χ1n) is 11.4. The fourth-order valence-electron chi connectivity index (χ4n) is 3.68. The SMILES string of the molecule is CC(C)CN1CCNCC1.CC(C)N1CCNCC1.OCCN1CCNCC1. The van der Waals surface area contributed by atoms with Crippen LogP contribution in [0.25, 0.3) is 0 Å². The van der Waals surface area contributed by atoms with Crippen molar-refractivity contribution in [2.45, 2.75) is 33.7 Å². The van der Waals surface area contributed by atoms with E-state index in [2.05, 4.69) is 58.3 Å². The van der Waals surface area contributed by atoms with Gasteiger partial charge >= 0.3 is 0 Å². The first-order chi connectivity index (χ1) is 13.5. The van der Waals surface area contributed by atoms with E-state index in [1.54, 1.807) is 0 Å². The monoisotopic (exact) mass is 400 g/mol. The lowest BCUT2D eigenvalue weighted by molar-refractivity contribution is 0.180. The van der Waals surface area contributed by atoms with Gasteiger partial charge in [-0.25, -0.2) is 0 Å². The molecule has 0 atom stereocenters. The van der Waals surface area contributed by atoms with Crippen LogP contribution in [0.1, 0.15) is 27.7 Å². The maximum Gasteiger partial charge on any atom is 0.0558 e. The zero-order valence-corrected chi connectivity index (χ0v) is 19.1. The standard InChI is InChI=1S/C8H18N2.C7H16N2.C6H14N2O/c1-8(2)7-10-5-3-9-4-6-10;1-7(2)9-5-3-8-4-6-9;9-6-5-8-3-1-7-2-4-8/h8-9H,3-7H2,1-2H3;7-8H,3-6H2,1-2H3;7,9H,1-6H2. The molecule has 0 aromatic carbocycles. The van der Waals surface area contributed by atoms with Gasteiger partial charge in [-0.15, -0.1) is 0 Å². The first kappa shape index (κ1) is 25.8. The predicted octanol–water partition coefficient (Wildman–Crippen LogP) is -0.268. The van der Waals surface area contributed by atoms with E-state index in [0.29, 0.717) is 6.61 Å². The van der Waals surface area contributed by atoms with Crippen LogP contribution in [-0.4, -0.2) is 124 Å². The molecule has 0 radical (unpaired) electrons. The number of nitrogens with zero attached hydrogens (tertiary/aromatic N) is 3. The van der Waals surface area contributed by atoms with E-state index < -0.39 is 0 Å². The molecule has 3 aliphatic rings. The Labute approximate surface area is 174 Å². The minimum absolute atomic E-state index is 0.292. The topological polar surface area (TPSA) is 66.0 Å². The number of hydrogen-bond donors (Lipinski definition) is 4. The Bertz CT molecular complexity index is 335. The number of aliphatic hydroxyl groups is 1. The smallest absolute Gasteiger partial charge is 0.0558 e. The van der Waals surface area contributed by atoms with Crippen LogP contribution in [0.2, 0.25) is 0 Å². The molecule has 3 rings (SSSR count). The second kappa shape index (κ2) is 16.5. The van der Waals surface area contributed by atoms with Crippen molar-refractivity contribution in [1.82, 2.24) is 30.7 Å². The van der Waals surface area contributed by atoms with E-state index in [1.807, 2.05) is 0 Å². The van der Waals surface area contributed by atoms with Gasteiger partial charge in [-0.3, -0.25) is 9.80 Å². The summed E-state index contributed by atoms with van der Waals surface area (Å²) >= 11 is 0. The van der Waals surface area contributed by atoms with Crippen molar-refractivity contribution >= 4 is 0 Å². The van der Waals surface area contributed by atoms with Crippen molar-refractivity contribution in [2.75, 3.05) is 98.2 Å². The van der Waals surface area contributed by atoms with Crippen molar-refractivity contribution in [2.24, 2.45) is 5.92 Å². The molecule has 0 spiro atoms. The molecule has 3 heterocycles. The Morgan fingerprint density at radius 2 is 1.11 bits per heavy atom. The van der Waals surface area contributed by atoms with Crippen LogP contribution < -0.4 is 16.0 Å². The summed E-state index contributed by atoms with van der Waals surface area (Å²) < 4.78 is 0. The van der Waals surface area contributed by atoms with Gasteiger partial charge in [0.15, 0.2) is 0 Å². The molecule has 3 aliphatic heterocycles. The summed E-state index contributed by atoms with van der Waals surface area (Å²) in [6.07, 6.45) is 0. The van der Waals surface area contributed by atoms with Crippen LogP contribution in [0.5, 0.6) is 0 Å². The summed E-state index contributed by atoms with van der Waals surface area (Å²) in [5.41, 5.74) is 0. The number of β-amino-alcohol motifs (C(OH)–C–C–N with tert-alkyl or cyclic N) is 1. The minimum atomic E-state index is 0.292. The highest BCUT2D eigenvalue weighted by atomic mass is 16.3. The molecule has 7 heteroatoms. The van der Waals surface area contributed by atoms with E-state index in [-0.39, 0.29) is 0 Å². The second-order valence-electron chi connectivity index (χ2n) is 8.64. The Morgan fingerprint density at radius 1 is 0.679 bits per heavy atom. The van der Waals surface area contributed by atoms with Crippen LogP contribution in [-0.2, 0) is 0 Å². The average Bonchev–Trinajstić information content (AvgIpc) is 2.71. The minimum Gasteiger partial charge on any atom is -0.395 e. The fraction of sp³-hybridized carbons (Fsp3) is 1.00. The maximum absolute atomic E-state index is 8.56. The lowest BCUT2D eigenvalue weighted by Gasteiger charge is -2.30. The molecule has 0 aliphatic carbocycles. The zero-order valence-electron chi connectivity index (χ0n) is 19.1. The molecule has 0 aromatic heterocycles. The van der Waals surface area contributed by atoms with E-state index in [9.17, 15) is 0 Å². The second-order valence-corrected chi connectivity index (χ2v) is 8.64. The number of aliphatic hydroxyl groups excluding tert-OH is 1. The Hall–Kier alpha value is -0.280. The number of rotatable bonds is 5. The van der Waals surface area contributed by atoms with Gasteiger partial charge in [0.05, 0.1) is 6.61 Å². The van der Waals surface area contributed by atoms with Crippen LogP contribution in [0.4, 0.5) is 0 Å². The summed E-state index contributed by atoms with van der Waals surface area (Å²) in [7, 11) is 0. The predicted molar refractivity (Wildman–Crippen MR) is 120 cm³/mol. The number of hydrogen-bond acceptors (Lipinski definition) is 7. The number of nitrogens with one attached hydrogen (secondary N) is 3. The summed E-state index contributed by atoms with van der Waals surface area (Å²) in [6, 6.07) is 0.729. The molecule has 4 N–H and O–H groups in total. The van der Waals surface area contributed by atoms with Crippen LogP contribution in [0, 0.1) is 5.92 Å². The van der Waals surface area contributed by atoms with E-state index in [1.165, 1.54) is 45.8 Å². The molecular formula is C21H48N6O. The summed E-state index contributed by atoms with van der Waals surface area (Å²) in [5.74, 6) is 0.818. The highest BCUT2D eigenvalue weighted by Crippen LogP contribution is 1.99. The zero-order chi connectivity index (χ0) is 20.6. The highest BCUT2D eigenvalue weighted by molar-refractivity contribution is 4.70. The Morgan fingerprint density at radius 3 is 1.46 bits per heavy atom. The lowest BCUT2D eigenvalue weighted by Crippen LogP contribution is -2.46. The highest BCUT2D eigenvalue weighted by Gasteiger charge is 2.11. The van der Waals surface area contributed by atoms with Crippen LogP contribution in [0.3, 0.4) is 0 Å². The van der Waals surface area contributed by atoms with Crippen molar-refractivity contribution in [3.63, 3.8) is 0 Å². The average molecular weight is 401 g/mol. The third-order valence-corrected chi connectivity index (χ3v) is 5.34. The van der Waals surface area contributed by atoms with Crippen molar-refractivity contribution in [3.05, 3.63) is 0 Å². The van der Waals surface area contributed by atoms with Gasteiger partial charge in [0.25, 0.3) is 0 Å². The van der Waals surface area contributed by atoms with E-state index in [4.69, 9.17) is 5.11 Å². The largest absolute Gasteiger partial charge is 0.395 e. The third kappa shape index (κ3) is 13.0. The third-order valence-electron chi connectivity index (χ3n) is 5.34. The number of piperazine rings is 3. The molecular weight excluding hydrogens is 352 g/mol. The molecule has 0 saturated carbocycles. The quantitative estimate of drug-likeness (QED) is 0.507. The molecule has 0 aromatic rings. The van der Waals surface area contributed by atoms with Gasteiger partial charge in [0.1, 0.15) is 0 Å². The van der Waals surface area contributed by atoms with E-state index in [0.717, 1.165) is 57.8 Å². The lowest BCUT2D eigenvalue weighted by atomic mass is 10.2. The summed E-state index contributed by atoms with van der Waals surface area (Å²) in [4.78, 5) is 7.29. The molecule has 7 nitrogen and oxygen atoms in total. The maximum atomic E-state index is 8.56. The van der Waals surface area contributed by atoms with Crippen LogP contribution >= 0.6 is 0 Å². The van der Waals surface area contributed by atoms with Gasteiger partial charge in [0.2, 0.25) is 0 Å². The molecule has 3 fully saturated rings. The van der Waals surface area contributed by atoms with Gasteiger partial charge in [-0.2, -0.15) is 0 Å². The summed E-state index contributed by atoms with van der Waals surface area (Å²) in [5, 5.41) is 18.5.